The first-order valence-corrected chi connectivity index (χ1v) is 6.85. The molecule has 0 unspecified atom stereocenters. The van der Waals surface area contributed by atoms with Gasteiger partial charge in [0.05, 0.1) is 17.4 Å². The van der Waals surface area contributed by atoms with Crippen LogP contribution in [-0.4, -0.2) is 25.0 Å². The van der Waals surface area contributed by atoms with Gasteiger partial charge < -0.3 is 4.98 Å². The summed E-state index contributed by atoms with van der Waals surface area (Å²) in [5.41, 5.74) is 1.28. The molecule has 0 aliphatic heterocycles. The fourth-order valence-electron chi connectivity index (χ4n) is 1.87. The lowest BCUT2D eigenvalue weighted by atomic mass is 10.1. The van der Waals surface area contributed by atoms with Crippen LogP contribution >= 0.6 is 0 Å². The van der Waals surface area contributed by atoms with Crippen LogP contribution in [0.1, 0.15) is 50.5 Å². The zero-order valence-corrected chi connectivity index (χ0v) is 13.3. The van der Waals surface area contributed by atoms with Crippen molar-refractivity contribution in [3.8, 4) is 6.07 Å². The van der Waals surface area contributed by atoms with Gasteiger partial charge in [0.1, 0.15) is 23.2 Å². The maximum absolute atomic E-state index is 11.8. The zero-order valence-electron chi connectivity index (χ0n) is 13.3. The van der Waals surface area contributed by atoms with Crippen molar-refractivity contribution in [1.82, 2.24) is 25.0 Å². The van der Waals surface area contributed by atoms with Crippen molar-refractivity contribution in [2.24, 2.45) is 0 Å². The van der Waals surface area contributed by atoms with Crippen molar-refractivity contribution in [3.05, 3.63) is 39.3 Å². The van der Waals surface area contributed by atoms with Crippen molar-refractivity contribution in [1.29, 1.82) is 5.26 Å². The number of aromatic nitrogens is 5. The molecule has 0 spiro atoms. The van der Waals surface area contributed by atoms with E-state index in [4.69, 9.17) is 5.26 Å². The summed E-state index contributed by atoms with van der Waals surface area (Å²) in [6.07, 6.45) is 3.62. The molecule has 0 aromatic carbocycles. The van der Waals surface area contributed by atoms with Gasteiger partial charge in [-0.2, -0.15) is 5.26 Å². The molecule has 22 heavy (non-hydrogen) atoms. The van der Waals surface area contributed by atoms with Gasteiger partial charge in [-0.15, -0.1) is 5.10 Å². The summed E-state index contributed by atoms with van der Waals surface area (Å²) < 4.78 is 1.77. The Hall–Kier alpha value is -2.75. The summed E-state index contributed by atoms with van der Waals surface area (Å²) in [5, 5.41) is 17.1. The summed E-state index contributed by atoms with van der Waals surface area (Å²) >= 11 is 0. The van der Waals surface area contributed by atoms with E-state index in [-0.39, 0.29) is 11.1 Å². The SMILES string of the molecule is C/C(=C\c1cn(C(C)(C)C)nn1)c1nc(C)c(C#N)c(=O)[nH]1. The number of hydrogen-bond acceptors (Lipinski definition) is 5. The van der Waals surface area contributed by atoms with Crippen molar-refractivity contribution in [2.75, 3.05) is 0 Å². The van der Waals surface area contributed by atoms with Crippen LogP contribution in [0.25, 0.3) is 11.6 Å². The second kappa shape index (κ2) is 5.56. The van der Waals surface area contributed by atoms with E-state index in [9.17, 15) is 4.79 Å². The molecule has 1 N–H and O–H groups in total. The quantitative estimate of drug-likeness (QED) is 0.912. The van der Waals surface area contributed by atoms with E-state index in [2.05, 4.69) is 20.3 Å². The minimum absolute atomic E-state index is 0.0372. The maximum Gasteiger partial charge on any atom is 0.269 e. The van der Waals surface area contributed by atoms with Gasteiger partial charge in [0.15, 0.2) is 0 Å². The van der Waals surface area contributed by atoms with Gasteiger partial charge in [0.25, 0.3) is 5.56 Å². The van der Waals surface area contributed by atoms with Crippen LogP contribution < -0.4 is 5.56 Å². The third kappa shape index (κ3) is 3.11. The normalized spacial score (nSPS) is 12.3. The van der Waals surface area contributed by atoms with E-state index >= 15 is 0 Å². The smallest absolute Gasteiger partial charge is 0.269 e. The molecule has 0 bridgehead atoms. The highest BCUT2D eigenvalue weighted by molar-refractivity contribution is 5.75. The Balaban J connectivity index is 2.40. The monoisotopic (exact) mass is 298 g/mol. The highest BCUT2D eigenvalue weighted by Gasteiger charge is 2.15. The van der Waals surface area contributed by atoms with Crippen LogP contribution in [0.3, 0.4) is 0 Å². The number of hydrogen-bond donors (Lipinski definition) is 1. The minimum atomic E-state index is -0.434. The Morgan fingerprint density at radius 2 is 2.14 bits per heavy atom. The van der Waals surface area contributed by atoms with Gasteiger partial charge in [-0.3, -0.25) is 4.79 Å². The van der Waals surface area contributed by atoms with Crippen molar-refractivity contribution in [3.63, 3.8) is 0 Å². The number of allylic oxidation sites excluding steroid dienone is 1. The Morgan fingerprint density at radius 1 is 1.45 bits per heavy atom. The summed E-state index contributed by atoms with van der Waals surface area (Å²) in [7, 11) is 0. The molecule has 0 aliphatic rings. The summed E-state index contributed by atoms with van der Waals surface area (Å²) in [6, 6.07) is 1.85. The van der Waals surface area contributed by atoms with E-state index in [0.29, 0.717) is 17.2 Å². The number of H-pyrrole nitrogens is 1. The van der Waals surface area contributed by atoms with Crippen LogP contribution in [0.15, 0.2) is 11.0 Å². The van der Waals surface area contributed by atoms with Crippen LogP contribution in [0.4, 0.5) is 0 Å². The van der Waals surface area contributed by atoms with E-state index < -0.39 is 5.56 Å². The molecule has 0 saturated heterocycles. The second-order valence-corrected chi connectivity index (χ2v) is 6.07. The molecule has 0 radical (unpaired) electrons. The molecule has 7 heteroatoms. The molecule has 7 nitrogen and oxygen atoms in total. The van der Waals surface area contributed by atoms with Gasteiger partial charge in [-0.05, 0) is 46.3 Å². The Labute approximate surface area is 128 Å². The predicted molar refractivity (Wildman–Crippen MR) is 82.9 cm³/mol. The lowest BCUT2D eigenvalue weighted by molar-refractivity contribution is 0.347. The maximum atomic E-state index is 11.8. The third-order valence-corrected chi connectivity index (χ3v) is 3.15. The Bertz CT molecular complexity index is 829. The van der Waals surface area contributed by atoms with Crippen LogP contribution in [-0.2, 0) is 5.54 Å². The van der Waals surface area contributed by atoms with Crippen molar-refractivity contribution < 1.29 is 0 Å². The standard InChI is InChI=1S/C15H18N6O/c1-9(6-11-8-21(20-19-11)15(3,4)5)13-17-10(2)12(7-16)14(22)18-13/h6,8H,1-5H3,(H,17,18,22)/b9-6+. The molecule has 0 amide bonds. The molecular formula is C15H18N6O. The number of rotatable bonds is 2. The number of aryl methyl sites for hydroxylation is 1. The lowest BCUT2D eigenvalue weighted by Crippen LogP contribution is -2.22. The molecule has 2 heterocycles. The number of nitrogens with zero attached hydrogens (tertiary/aromatic N) is 5. The molecule has 2 rings (SSSR count). The minimum Gasteiger partial charge on any atom is -0.306 e. The first-order chi connectivity index (χ1) is 10.2. The van der Waals surface area contributed by atoms with Crippen molar-refractivity contribution in [2.45, 2.75) is 40.2 Å². The second-order valence-electron chi connectivity index (χ2n) is 6.07. The summed E-state index contributed by atoms with van der Waals surface area (Å²) in [4.78, 5) is 18.7. The first kappa shape index (κ1) is 15.6. The average molecular weight is 298 g/mol. The third-order valence-electron chi connectivity index (χ3n) is 3.15. The fraction of sp³-hybridized carbons (Fsp3) is 0.400. The summed E-state index contributed by atoms with van der Waals surface area (Å²) in [6.45, 7) is 9.56. The van der Waals surface area contributed by atoms with Crippen LogP contribution in [0.5, 0.6) is 0 Å². The Kier molecular flexibility index (Phi) is 3.95. The molecule has 2 aromatic heterocycles. The molecule has 0 saturated carbocycles. The number of nitrogens with one attached hydrogen (secondary N) is 1. The molecular weight excluding hydrogens is 280 g/mol. The lowest BCUT2D eigenvalue weighted by Gasteiger charge is -2.17. The highest BCUT2D eigenvalue weighted by atomic mass is 16.1. The Morgan fingerprint density at radius 3 is 2.64 bits per heavy atom. The summed E-state index contributed by atoms with van der Waals surface area (Å²) in [5.74, 6) is 0.423. The van der Waals surface area contributed by atoms with Crippen LogP contribution in [0.2, 0.25) is 0 Å². The predicted octanol–water partition coefficient (Wildman–Crippen LogP) is 1.86. The van der Waals surface area contributed by atoms with E-state index in [1.807, 2.05) is 40.0 Å². The van der Waals surface area contributed by atoms with Gasteiger partial charge in [0.2, 0.25) is 0 Å². The highest BCUT2D eigenvalue weighted by Crippen LogP contribution is 2.16. The zero-order chi connectivity index (χ0) is 16.5. The van der Waals surface area contributed by atoms with Gasteiger partial charge in [-0.1, -0.05) is 5.21 Å². The number of nitriles is 1. The van der Waals surface area contributed by atoms with Gasteiger partial charge >= 0.3 is 0 Å². The topological polar surface area (TPSA) is 100 Å². The molecule has 114 valence electrons. The number of aromatic amines is 1. The molecule has 2 aromatic rings. The van der Waals surface area contributed by atoms with E-state index in [1.54, 1.807) is 17.7 Å². The molecule has 0 fully saturated rings. The fourth-order valence-corrected chi connectivity index (χ4v) is 1.87. The first-order valence-electron chi connectivity index (χ1n) is 6.85. The van der Waals surface area contributed by atoms with Crippen LogP contribution in [0, 0.1) is 18.3 Å². The molecule has 0 atom stereocenters. The van der Waals surface area contributed by atoms with E-state index in [0.717, 1.165) is 5.57 Å². The van der Waals surface area contributed by atoms with Gasteiger partial charge in [0, 0.05) is 0 Å². The van der Waals surface area contributed by atoms with Crippen molar-refractivity contribution >= 4 is 11.6 Å². The van der Waals surface area contributed by atoms with Gasteiger partial charge in [-0.25, -0.2) is 9.67 Å². The van der Waals surface area contributed by atoms with E-state index in [1.165, 1.54) is 0 Å². The largest absolute Gasteiger partial charge is 0.306 e. The average Bonchev–Trinajstić information content (AvgIpc) is 2.86. The molecule has 0 aliphatic carbocycles.